The Morgan fingerprint density at radius 1 is 1.16 bits per heavy atom. The number of esters is 2. The molecule has 1 unspecified atom stereocenters. The molecule has 1 aromatic rings. The lowest BCUT2D eigenvalue weighted by Crippen LogP contribution is -2.22. The van der Waals surface area contributed by atoms with E-state index in [0.717, 1.165) is 17.5 Å². The molecule has 19 heavy (non-hydrogen) atoms. The first-order valence-corrected chi connectivity index (χ1v) is 6.36. The molecule has 0 aliphatic rings. The average molecular weight is 265 g/mol. The van der Waals surface area contributed by atoms with Crippen LogP contribution >= 0.6 is 0 Å². The van der Waals surface area contributed by atoms with Crippen molar-refractivity contribution in [1.82, 2.24) is 4.98 Å². The summed E-state index contributed by atoms with van der Waals surface area (Å²) < 4.78 is 9.85. The molecule has 1 rings (SSSR count). The van der Waals surface area contributed by atoms with Crippen LogP contribution < -0.4 is 0 Å². The highest BCUT2D eigenvalue weighted by Gasteiger charge is 2.13. The number of pyridine rings is 1. The number of aryl methyl sites for hydroxylation is 1. The zero-order valence-corrected chi connectivity index (χ0v) is 11.5. The Morgan fingerprint density at radius 3 is 2.42 bits per heavy atom. The number of nitrogens with zero attached hydrogens (tertiary/aromatic N) is 1. The number of carbonyl (C=O) groups is 2. The third kappa shape index (κ3) is 5.50. The van der Waals surface area contributed by atoms with E-state index in [1.165, 1.54) is 6.92 Å². The van der Waals surface area contributed by atoms with Gasteiger partial charge in [0, 0.05) is 25.7 Å². The fourth-order valence-corrected chi connectivity index (χ4v) is 1.52. The molecule has 0 radical (unpaired) electrons. The number of rotatable bonds is 6. The molecule has 0 fully saturated rings. The van der Waals surface area contributed by atoms with E-state index in [1.54, 1.807) is 19.3 Å². The Balaban J connectivity index is 2.48. The molecule has 5 heteroatoms. The lowest BCUT2D eigenvalue weighted by atomic mass is 10.1. The second-order valence-corrected chi connectivity index (χ2v) is 4.13. The van der Waals surface area contributed by atoms with Crippen LogP contribution in [0, 0.1) is 0 Å². The Labute approximate surface area is 112 Å². The van der Waals surface area contributed by atoms with Gasteiger partial charge in [0.2, 0.25) is 6.29 Å². The lowest BCUT2D eigenvalue weighted by Gasteiger charge is -2.13. The van der Waals surface area contributed by atoms with Crippen LogP contribution in [0.25, 0.3) is 0 Å². The maximum atomic E-state index is 11.7. The van der Waals surface area contributed by atoms with Crippen LogP contribution in [0.15, 0.2) is 18.5 Å². The van der Waals surface area contributed by atoms with Crippen LogP contribution in [0.4, 0.5) is 0 Å². The number of ether oxygens (including phenoxy) is 2. The first-order chi connectivity index (χ1) is 9.05. The average Bonchev–Trinajstić information content (AvgIpc) is 2.38. The molecule has 0 N–H and O–H groups in total. The molecule has 1 aromatic heterocycles. The Bertz CT molecular complexity index is 445. The molecular formula is C14H19NO4. The van der Waals surface area contributed by atoms with Crippen molar-refractivity contribution < 1.29 is 19.1 Å². The van der Waals surface area contributed by atoms with E-state index in [4.69, 9.17) is 9.47 Å². The van der Waals surface area contributed by atoms with Crippen LogP contribution in [-0.4, -0.2) is 23.2 Å². The second-order valence-electron chi connectivity index (χ2n) is 4.13. The molecule has 1 atom stereocenters. The van der Waals surface area contributed by atoms with E-state index < -0.39 is 18.2 Å². The first kappa shape index (κ1) is 15.1. The van der Waals surface area contributed by atoms with Gasteiger partial charge in [0.05, 0.1) is 6.42 Å². The van der Waals surface area contributed by atoms with Gasteiger partial charge in [-0.3, -0.25) is 14.6 Å². The number of aromatic nitrogens is 1. The van der Waals surface area contributed by atoms with Crippen molar-refractivity contribution in [2.45, 2.75) is 46.3 Å². The second kappa shape index (κ2) is 7.51. The Hall–Kier alpha value is -1.91. The van der Waals surface area contributed by atoms with Gasteiger partial charge in [0.15, 0.2) is 0 Å². The minimum Gasteiger partial charge on any atom is -0.425 e. The number of hydrogen-bond acceptors (Lipinski definition) is 5. The first-order valence-electron chi connectivity index (χ1n) is 6.36. The van der Waals surface area contributed by atoms with Crippen molar-refractivity contribution in [3.8, 4) is 0 Å². The largest absolute Gasteiger partial charge is 0.425 e. The molecule has 5 nitrogen and oxygen atoms in total. The Morgan fingerprint density at radius 2 is 1.79 bits per heavy atom. The van der Waals surface area contributed by atoms with Gasteiger partial charge in [-0.1, -0.05) is 19.9 Å². The molecule has 0 aliphatic heterocycles. The van der Waals surface area contributed by atoms with E-state index in [1.807, 2.05) is 13.0 Å². The summed E-state index contributed by atoms with van der Waals surface area (Å²) in [5.41, 5.74) is 1.86. The van der Waals surface area contributed by atoms with Crippen molar-refractivity contribution in [3.63, 3.8) is 0 Å². The summed E-state index contributed by atoms with van der Waals surface area (Å²) in [6.07, 6.45) is 3.77. The van der Waals surface area contributed by atoms with Crippen LogP contribution in [0.5, 0.6) is 0 Å². The molecule has 0 saturated carbocycles. The van der Waals surface area contributed by atoms with Crippen molar-refractivity contribution in [1.29, 1.82) is 0 Å². The molecule has 104 valence electrons. The van der Waals surface area contributed by atoms with Gasteiger partial charge in [-0.25, -0.2) is 0 Å². The maximum absolute atomic E-state index is 11.7. The zero-order valence-electron chi connectivity index (χ0n) is 11.5. The fraction of sp³-hybridized carbons (Fsp3) is 0.500. The summed E-state index contributed by atoms with van der Waals surface area (Å²) >= 11 is 0. The predicted molar refractivity (Wildman–Crippen MR) is 69.3 cm³/mol. The fourth-order valence-electron chi connectivity index (χ4n) is 1.52. The van der Waals surface area contributed by atoms with Crippen molar-refractivity contribution in [2.75, 3.05) is 0 Å². The summed E-state index contributed by atoms with van der Waals surface area (Å²) in [4.78, 5) is 26.7. The minimum absolute atomic E-state index is 0.120. The molecule has 0 aliphatic carbocycles. The van der Waals surface area contributed by atoms with Crippen molar-refractivity contribution in [2.24, 2.45) is 0 Å². The highest BCUT2D eigenvalue weighted by atomic mass is 16.7. The summed E-state index contributed by atoms with van der Waals surface area (Å²) in [6, 6.07) is 1.91. The van der Waals surface area contributed by atoms with Gasteiger partial charge >= 0.3 is 11.9 Å². The van der Waals surface area contributed by atoms with Gasteiger partial charge in [0.25, 0.3) is 0 Å². The summed E-state index contributed by atoms with van der Waals surface area (Å²) in [7, 11) is 0. The summed E-state index contributed by atoms with van der Waals surface area (Å²) in [5, 5.41) is 0. The maximum Gasteiger partial charge on any atom is 0.313 e. The van der Waals surface area contributed by atoms with Crippen molar-refractivity contribution >= 4 is 11.9 Å². The highest BCUT2D eigenvalue weighted by molar-refractivity contribution is 5.73. The topological polar surface area (TPSA) is 65.5 Å². The van der Waals surface area contributed by atoms with E-state index in [0.29, 0.717) is 0 Å². The third-order valence-corrected chi connectivity index (χ3v) is 2.49. The van der Waals surface area contributed by atoms with E-state index in [9.17, 15) is 9.59 Å². The predicted octanol–water partition coefficient (Wildman–Crippen LogP) is 2.03. The lowest BCUT2D eigenvalue weighted by molar-refractivity contribution is -0.183. The van der Waals surface area contributed by atoms with Crippen molar-refractivity contribution in [3.05, 3.63) is 29.6 Å². The highest BCUT2D eigenvalue weighted by Crippen LogP contribution is 2.06. The molecular weight excluding hydrogens is 246 g/mol. The zero-order chi connectivity index (χ0) is 14.3. The Kier molecular flexibility index (Phi) is 5.99. The molecule has 0 spiro atoms. The summed E-state index contributed by atoms with van der Waals surface area (Å²) in [6.45, 7) is 5.22. The van der Waals surface area contributed by atoms with Crippen LogP contribution in [0.2, 0.25) is 0 Å². The minimum atomic E-state index is -0.859. The normalized spacial score (nSPS) is 11.7. The molecule has 0 saturated heterocycles. The van der Waals surface area contributed by atoms with E-state index in [-0.39, 0.29) is 12.8 Å². The van der Waals surface area contributed by atoms with Gasteiger partial charge in [0.1, 0.15) is 0 Å². The summed E-state index contributed by atoms with van der Waals surface area (Å²) in [5.74, 6) is -0.832. The molecule has 0 bridgehead atoms. The van der Waals surface area contributed by atoms with Crippen LogP contribution in [0.3, 0.4) is 0 Å². The van der Waals surface area contributed by atoms with Crippen LogP contribution in [-0.2, 0) is 31.9 Å². The monoisotopic (exact) mass is 265 g/mol. The quantitative estimate of drug-likeness (QED) is 0.581. The van der Waals surface area contributed by atoms with Gasteiger partial charge < -0.3 is 9.47 Å². The number of hydrogen-bond donors (Lipinski definition) is 0. The van der Waals surface area contributed by atoms with Gasteiger partial charge in [-0.15, -0.1) is 0 Å². The smallest absolute Gasteiger partial charge is 0.313 e. The van der Waals surface area contributed by atoms with Crippen LogP contribution in [0.1, 0.15) is 38.3 Å². The van der Waals surface area contributed by atoms with E-state index in [2.05, 4.69) is 4.98 Å². The molecule has 1 heterocycles. The molecule has 0 amide bonds. The number of carbonyl (C=O) groups excluding carboxylic acids is 2. The van der Waals surface area contributed by atoms with E-state index >= 15 is 0 Å². The SMILES string of the molecule is CCC(=O)OC(C)OC(=O)Cc1cncc(CC)c1. The van der Waals surface area contributed by atoms with Gasteiger partial charge in [-0.2, -0.15) is 0 Å². The standard InChI is InChI=1S/C14H19NO4/c1-4-11-6-12(9-15-8-11)7-14(17)19-10(3)18-13(16)5-2/h6,8-10H,4-5,7H2,1-3H3. The van der Waals surface area contributed by atoms with Gasteiger partial charge in [-0.05, 0) is 17.5 Å². The third-order valence-electron chi connectivity index (χ3n) is 2.49. The molecule has 0 aromatic carbocycles.